The monoisotopic (exact) mass is 555 g/mol. The first-order valence-corrected chi connectivity index (χ1v) is 14.1. The number of nitrogens with zero attached hydrogens (tertiary/aromatic N) is 1. The summed E-state index contributed by atoms with van der Waals surface area (Å²) in [5, 5.41) is 5.22. The fraction of sp³-hybridized carbons (Fsp3) is 0. The Morgan fingerprint density at radius 2 is 0.977 bits per heavy atom. The van der Waals surface area contributed by atoms with E-state index >= 15 is 0 Å². The minimum absolute atomic E-state index is 0.116. The van der Waals surface area contributed by atoms with E-state index in [-0.39, 0.29) is 58.8 Å². The van der Waals surface area contributed by atoms with Gasteiger partial charge in [-0.25, -0.2) is 0 Å². The van der Waals surface area contributed by atoms with Gasteiger partial charge in [0.25, 0.3) is 0 Å². The summed E-state index contributed by atoms with van der Waals surface area (Å²) in [5.41, 5.74) is 1.45. The molecule has 0 aromatic heterocycles. The van der Waals surface area contributed by atoms with Gasteiger partial charge in [0.2, 0.25) is 0 Å². The smallest absolute Gasteiger partial charge is 0.0651 e. The van der Waals surface area contributed by atoms with Gasteiger partial charge in [0, 0.05) is 16.8 Å². The average Bonchev–Trinajstić information content (AvgIpc) is 3.15. The van der Waals surface area contributed by atoms with Crippen molar-refractivity contribution in [2.75, 3.05) is 4.90 Å². The molecule has 0 N–H and O–H groups in total. The van der Waals surface area contributed by atoms with Crippen LogP contribution in [0.5, 0.6) is 0 Å². The van der Waals surface area contributed by atoms with Crippen molar-refractivity contribution in [3.63, 3.8) is 0 Å². The number of benzene rings is 8. The molecule has 0 fully saturated rings. The summed E-state index contributed by atoms with van der Waals surface area (Å²) in [6, 6.07) is 36.8. The van der Waals surface area contributed by atoms with Gasteiger partial charge in [0.05, 0.1) is 16.7 Å². The highest BCUT2D eigenvalue weighted by Crippen LogP contribution is 2.41. The molecule has 202 valence electrons. The van der Waals surface area contributed by atoms with Crippen molar-refractivity contribution in [1.82, 2.24) is 0 Å². The van der Waals surface area contributed by atoms with E-state index in [1.807, 2.05) is 103 Å². The first kappa shape index (κ1) is 18.0. The highest BCUT2D eigenvalue weighted by molar-refractivity contribution is 5.99. The lowest BCUT2D eigenvalue weighted by molar-refractivity contribution is 1.30. The second kappa shape index (κ2) is 10.6. The molecule has 0 atom stereocenters. The van der Waals surface area contributed by atoms with Crippen LogP contribution in [0.25, 0.3) is 54.6 Å². The van der Waals surface area contributed by atoms with Gasteiger partial charge in [-0.05, 0) is 91.6 Å². The van der Waals surface area contributed by atoms with Crippen LogP contribution in [0.4, 0.5) is 17.1 Å². The summed E-state index contributed by atoms with van der Waals surface area (Å²) in [7, 11) is 0. The van der Waals surface area contributed by atoms with Crippen molar-refractivity contribution >= 4 is 49.4 Å². The van der Waals surface area contributed by atoms with Gasteiger partial charge < -0.3 is 4.90 Å². The van der Waals surface area contributed by atoms with Crippen LogP contribution >= 0.6 is 0 Å². The van der Waals surface area contributed by atoms with Crippen LogP contribution in [0, 0.1) is 0 Å². The van der Waals surface area contributed by atoms with Crippen LogP contribution in [0.3, 0.4) is 0 Å². The lowest BCUT2D eigenvalue weighted by Gasteiger charge is -2.27. The summed E-state index contributed by atoms with van der Waals surface area (Å²) in [5.74, 6) is 0. The van der Waals surface area contributed by atoms with Crippen molar-refractivity contribution in [3.05, 3.63) is 176 Å². The molecule has 0 aliphatic rings. The molecule has 8 aromatic carbocycles. The Hall–Kier alpha value is -5.66. The lowest BCUT2D eigenvalue weighted by atomic mass is 9.99. The normalized spacial score (nSPS) is 13.9. The molecule has 0 saturated heterocycles. The van der Waals surface area contributed by atoms with Gasteiger partial charge in [-0.1, -0.05) is 133 Å². The summed E-state index contributed by atoms with van der Waals surface area (Å²) in [6.45, 7) is 0. The number of hydrogen-bond donors (Lipinski definition) is 0. The fourth-order valence-electron chi connectivity index (χ4n) is 5.60. The van der Waals surface area contributed by atoms with E-state index in [0.717, 1.165) is 26.9 Å². The second-order valence-electron chi connectivity index (χ2n) is 10.4. The first-order chi connectivity index (χ1) is 24.7. The molecule has 8 aromatic rings. The molecule has 0 radical (unpaired) electrons. The van der Waals surface area contributed by atoms with E-state index in [2.05, 4.69) is 0 Å². The minimum atomic E-state index is -0.432. The van der Waals surface area contributed by atoms with Crippen LogP contribution in [-0.2, 0) is 0 Å². The van der Waals surface area contributed by atoms with Crippen LogP contribution < -0.4 is 4.90 Å². The molecule has 0 aliphatic heterocycles. The average molecular weight is 556 g/mol. The van der Waals surface area contributed by atoms with E-state index in [4.69, 9.17) is 2.74 Å². The third-order valence-corrected chi connectivity index (χ3v) is 7.75. The van der Waals surface area contributed by atoms with Crippen molar-refractivity contribution < 1.29 is 11.0 Å². The van der Waals surface area contributed by atoms with E-state index in [0.29, 0.717) is 22.2 Å². The van der Waals surface area contributed by atoms with Gasteiger partial charge in [-0.3, -0.25) is 0 Å². The quantitative estimate of drug-likeness (QED) is 0.204. The van der Waals surface area contributed by atoms with Gasteiger partial charge in [0.1, 0.15) is 0 Å². The van der Waals surface area contributed by atoms with E-state index in [1.54, 1.807) is 24.3 Å². The molecular weight excluding hydrogens is 518 g/mol. The van der Waals surface area contributed by atoms with Crippen molar-refractivity contribution in [2.24, 2.45) is 0 Å². The molecule has 0 bridgehead atoms. The standard InChI is InChI=1S/C42H29N/c1-3-12-34-27-37(21-19-30(34)9-1)32-23-25-39(26-24-32)43(42-18-8-14-33-11-5-6-17-41(33)42)40-16-7-15-36(29-40)38-22-20-31-10-2-4-13-35(31)28-38/h1-29H/i7D,15D,16D,23D,24D,25D,26D,29D. The van der Waals surface area contributed by atoms with Crippen molar-refractivity contribution in [1.29, 1.82) is 0 Å². The molecule has 8 rings (SSSR count). The second-order valence-corrected chi connectivity index (χ2v) is 10.4. The molecule has 43 heavy (non-hydrogen) atoms. The summed E-state index contributed by atoms with van der Waals surface area (Å²) in [4.78, 5) is 1.42. The van der Waals surface area contributed by atoms with Crippen LogP contribution in [-0.4, -0.2) is 0 Å². The maximum absolute atomic E-state index is 9.63. The molecule has 1 nitrogen and oxygen atoms in total. The summed E-state index contributed by atoms with van der Waals surface area (Å²) >= 11 is 0. The van der Waals surface area contributed by atoms with Crippen LogP contribution in [0.2, 0.25) is 0 Å². The lowest BCUT2D eigenvalue weighted by Crippen LogP contribution is -2.10. The topological polar surface area (TPSA) is 3.24 Å². The third kappa shape index (κ3) is 4.71. The maximum atomic E-state index is 9.63. The van der Waals surface area contributed by atoms with E-state index < -0.39 is 12.1 Å². The van der Waals surface area contributed by atoms with Gasteiger partial charge in [0.15, 0.2) is 0 Å². The third-order valence-electron chi connectivity index (χ3n) is 7.75. The highest BCUT2D eigenvalue weighted by atomic mass is 15.1. The number of rotatable bonds is 5. The number of anilines is 3. The minimum Gasteiger partial charge on any atom is -0.310 e. The van der Waals surface area contributed by atoms with E-state index in [9.17, 15) is 8.22 Å². The Bertz CT molecular complexity index is 2670. The molecule has 0 spiro atoms. The molecule has 0 amide bonds. The van der Waals surface area contributed by atoms with Crippen molar-refractivity contribution in [2.45, 2.75) is 0 Å². The molecule has 0 aliphatic carbocycles. The van der Waals surface area contributed by atoms with E-state index in [1.165, 1.54) is 4.90 Å². The first-order valence-electron chi connectivity index (χ1n) is 18.1. The van der Waals surface area contributed by atoms with Crippen molar-refractivity contribution in [3.8, 4) is 22.3 Å². The Balaban J connectivity index is 1.45. The molecule has 1 heteroatoms. The van der Waals surface area contributed by atoms with Gasteiger partial charge in [-0.15, -0.1) is 0 Å². The summed E-state index contributed by atoms with van der Waals surface area (Å²) in [6.07, 6.45) is 0. The van der Waals surface area contributed by atoms with Crippen LogP contribution in [0.15, 0.2) is 176 Å². The largest absolute Gasteiger partial charge is 0.310 e. The fourth-order valence-corrected chi connectivity index (χ4v) is 5.60. The molecule has 0 saturated carbocycles. The zero-order chi connectivity index (χ0) is 35.6. The molecule has 0 heterocycles. The van der Waals surface area contributed by atoms with Crippen LogP contribution in [0.1, 0.15) is 11.0 Å². The molecular formula is C42H29N. The SMILES string of the molecule is [2H]c1c([2H])c(-c2ccc3ccccc3c2)c([2H])c(N(c2c([2H])c([2H])c(-c3ccc4ccccc4c3)c([2H])c2[2H])c2cccc3ccccc23)c1[2H]. The Morgan fingerprint density at radius 3 is 1.67 bits per heavy atom. The van der Waals surface area contributed by atoms with Gasteiger partial charge >= 0.3 is 0 Å². The predicted molar refractivity (Wildman–Crippen MR) is 185 cm³/mol. The highest BCUT2D eigenvalue weighted by Gasteiger charge is 2.16. The Kier molecular flexibility index (Phi) is 4.45. The Morgan fingerprint density at radius 1 is 0.395 bits per heavy atom. The number of hydrogen-bond acceptors (Lipinski definition) is 1. The zero-order valence-electron chi connectivity index (χ0n) is 31.1. The summed E-state index contributed by atoms with van der Waals surface area (Å²) < 4.78 is 74.1. The predicted octanol–water partition coefficient (Wildman–Crippen LogP) is 11.9. The zero-order valence-corrected chi connectivity index (χ0v) is 23.1. The molecule has 0 unspecified atom stereocenters. The van der Waals surface area contributed by atoms with Gasteiger partial charge in [-0.2, -0.15) is 0 Å². The maximum Gasteiger partial charge on any atom is 0.0651 e. The number of fused-ring (bicyclic) bond motifs is 3. The Labute approximate surface area is 263 Å².